The van der Waals surface area contributed by atoms with E-state index in [1.54, 1.807) is 5.32 Å². The summed E-state index contributed by atoms with van der Waals surface area (Å²) in [7, 11) is 0. The molecule has 1 rings (SSSR count). The lowest BCUT2D eigenvalue weighted by Gasteiger charge is -2.14. The van der Waals surface area contributed by atoms with Gasteiger partial charge < -0.3 is 15.2 Å². The van der Waals surface area contributed by atoms with Crippen LogP contribution in [0.25, 0.3) is 0 Å². The molecule has 0 spiro atoms. The molecular weight excluding hydrogens is 329 g/mol. The maximum Gasteiger partial charge on any atom is 0.416 e. The van der Waals surface area contributed by atoms with Crippen molar-refractivity contribution in [3.63, 3.8) is 0 Å². The van der Waals surface area contributed by atoms with E-state index in [1.807, 2.05) is 0 Å². The van der Waals surface area contributed by atoms with Crippen LogP contribution in [0.15, 0.2) is 24.3 Å². The van der Waals surface area contributed by atoms with Crippen molar-refractivity contribution >= 4 is 11.9 Å². The Morgan fingerprint density at radius 1 is 1.26 bits per heavy atom. The van der Waals surface area contributed by atoms with E-state index in [0.29, 0.717) is 6.07 Å². The zero-order valence-corrected chi connectivity index (χ0v) is 11.4. The van der Waals surface area contributed by atoms with E-state index >= 15 is 0 Å². The Balaban J connectivity index is 2.60. The summed E-state index contributed by atoms with van der Waals surface area (Å²) in [4.78, 5) is 22.1. The zero-order valence-electron chi connectivity index (χ0n) is 11.4. The molecule has 23 heavy (non-hydrogen) atoms. The maximum absolute atomic E-state index is 12.5. The molecule has 1 aromatic carbocycles. The zero-order chi connectivity index (χ0) is 17.6. The molecule has 0 aromatic heterocycles. The number of amides is 1. The summed E-state index contributed by atoms with van der Waals surface area (Å²) in [6, 6.07) is 1.87. The Hall–Kier alpha value is -2.39. The molecule has 0 aliphatic carbocycles. The molecule has 5 nitrogen and oxygen atoms in total. The maximum atomic E-state index is 12.5. The highest BCUT2D eigenvalue weighted by Gasteiger charge is 2.30. The van der Waals surface area contributed by atoms with Gasteiger partial charge in [-0.3, -0.25) is 4.79 Å². The van der Waals surface area contributed by atoms with Crippen LogP contribution in [0.1, 0.15) is 12.0 Å². The number of carboxylic acids is 1. The van der Waals surface area contributed by atoms with Gasteiger partial charge in [-0.25, -0.2) is 13.6 Å². The molecule has 0 radical (unpaired) electrons. The molecule has 1 unspecified atom stereocenters. The number of carbonyl (C=O) groups excluding carboxylic acids is 1. The van der Waals surface area contributed by atoms with E-state index in [1.165, 1.54) is 0 Å². The minimum atomic E-state index is -4.59. The van der Waals surface area contributed by atoms with Gasteiger partial charge in [-0.2, -0.15) is 13.2 Å². The Morgan fingerprint density at radius 3 is 2.43 bits per heavy atom. The fraction of sp³-hybridized carbons (Fsp3) is 0.385. The molecule has 0 saturated heterocycles. The lowest BCUT2D eigenvalue weighted by Crippen LogP contribution is -2.44. The number of ether oxygens (including phenoxy) is 1. The molecule has 0 bridgehead atoms. The fourth-order valence-electron chi connectivity index (χ4n) is 1.55. The highest BCUT2D eigenvalue weighted by atomic mass is 19.4. The van der Waals surface area contributed by atoms with E-state index in [9.17, 15) is 31.5 Å². The van der Waals surface area contributed by atoms with Crippen LogP contribution in [0.2, 0.25) is 0 Å². The van der Waals surface area contributed by atoms with E-state index in [0.717, 1.165) is 18.2 Å². The summed E-state index contributed by atoms with van der Waals surface area (Å²) in [6.07, 6.45) is -8.63. The van der Waals surface area contributed by atoms with Crippen LogP contribution in [0.3, 0.4) is 0 Å². The second-order valence-electron chi connectivity index (χ2n) is 4.40. The molecular formula is C13H12F5NO4. The summed E-state index contributed by atoms with van der Waals surface area (Å²) in [6.45, 7) is -0.811. The monoisotopic (exact) mass is 341 g/mol. The minimum absolute atomic E-state index is 0.268. The molecule has 0 fully saturated rings. The number of hydrogen-bond acceptors (Lipinski definition) is 3. The number of carbonyl (C=O) groups is 2. The van der Waals surface area contributed by atoms with Crippen LogP contribution in [0, 0.1) is 0 Å². The number of rotatable bonds is 7. The number of halogens is 5. The standard InChI is InChI=1S/C13H12F5NO4/c14-10(15)5-9(12(21)22)19-11(20)6-23-8-3-1-2-7(4-8)13(16,17)18/h1-4,9-10H,5-6H2,(H,19,20)(H,21,22). The third-order valence-corrected chi connectivity index (χ3v) is 2.58. The van der Waals surface area contributed by atoms with Gasteiger partial charge in [0.2, 0.25) is 6.43 Å². The van der Waals surface area contributed by atoms with Crippen LogP contribution in [-0.2, 0) is 15.8 Å². The van der Waals surface area contributed by atoms with Gasteiger partial charge in [0.15, 0.2) is 6.61 Å². The average molecular weight is 341 g/mol. The molecule has 128 valence electrons. The minimum Gasteiger partial charge on any atom is -0.484 e. The van der Waals surface area contributed by atoms with Gasteiger partial charge in [-0.15, -0.1) is 0 Å². The van der Waals surface area contributed by atoms with Crippen LogP contribution in [0.5, 0.6) is 5.75 Å². The summed E-state index contributed by atoms with van der Waals surface area (Å²) < 4.78 is 66.5. The quantitative estimate of drug-likeness (QED) is 0.747. The van der Waals surface area contributed by atoms with Crippen molar-refractivity contribution in [1.29, 1.82) is 0 Å². The highest BCUT2D eigenvalue weighted by Crippen LogP contribution is 2.31. The highest BCUT2D eigenvalue weighted by molar-refractivity contribution is 5.84. The Bertz CT molecular complexity index is 562. The molecule has 1 atom stereocenters. The first kappa shape index (κ1) is 18.7. The Kier molecular flexibility index (Phi) is 6.28. The lowest BCUT2D eigenvalue weighted by molar-refractivity contribution is -0.143. The Labute approximate surface area is 127 Å². The van der Waals surface area contributed by atoms with Crippen molar-refractivity contribution in [1.82, 2.24) is 5.32 Å². The smallest absolute Gasteiger partial charge is 0.416 e. The first-order valence-electron chi connectivity index (χ1n) is 6.20. The number of hydrogen-bond donors (Lipinski definition) is 2. The van der Waals surface area contributed by atoms with Crippen molar-refractivity contribution in [2.24, 2.45) is 0 Å². The van der Waals surface area contributed by atoms with Crippen LogP contribution in [-0.4, -0.2) is 36.1 Å². The normalized spacial score (nSPS) is 12.8. The average Bonchev–Trinajstić information content (AvgIpc) is 2.43. The van der Waals surface area contributed by atoms with Gasteiger partial charge in [0.05, 0.1) is 5.56 Å². The van der Waals surface area contributed by atoms with E-state index in [4.69, 9.17) is 9.84 Å². The topological polar surface area (TPSA) is 75.6 Å². The van der Waals surface area contributed by atoms with Crippen molar-refractivity contribution in [2.45, 2.75) is 25.1 Å². The molecule has 0 heterocycles. The molecule has 1 amide bonds. The molecule has 0 aliphatic rings. The first-order valence-corrected chi connectivity index (χ1v) is 6.20. The lowest BCUT2D eigenvalue weighted by atomic mass is 10.2. The fourth-order valence-corrected chi connectivity index (χ4v) is 1.55. The third-order valence-electron chi connectivity index (χ3n) is 2.58. The molecule has 1 aromatic rings. The number of carboxylic acid groups (broad SMARTS) is 1. The van der Waals surface area contributed by atoms with Crippen LogP contribution >= 0.6 is 0 Å². The van der Waals surface area contributed by atoms with Crippen molar-refractivity contribution < 1.29 is 41.4 Å². The van der Waals surface area contributed by atoms with Gasteiger partial charge in [0, 0.05) is 6.42 Å². The molecule has 0 aliphatic heterocycles. The van der Waals surface area contributed by atoms with Crippen molar-refractivity contribution in [3.8, 4) is 5.75 Å². The summed E-state index contributed by atoms with van der Waals surface area (Å²) in [5.74, 6) is -2.97. The van der Waals surface area contributed by atoms with E-state index in [2.05, 4.69) is 0 Å². The van der Waals surface area contributed by atoms with Gasteiger partial charge in [0.25, 0.3) is 5.91 Å². The van der Waals surface area contributed by atoms with E-state index < -0.39 is 49.1 Å². The summed E-state index contributed by atoms with van der Waals surface area (Å²) in [5.41, 5.74) is -0.989. The molecule has 10 heteroatoms. The van der Waals surface area contributed by atoms with Gasteiger partial charge >= 0.3 is 12.1 Å². The van der Waals surface area contributed by atoms with Crippen molar-refractivity contribution in [3.05, 3.63) is 29.8 Å². The largest absolute Gasteiger partial charge is 0.484 e. The number of benzene rings is 1. The van der Waals surface area contributed by atoms with E-state index in [-0.39, 0.29) is 5.75 Å². The van der Waals surface area contributed by atoms with Crippen LogP contribution in [0.4, 0.5) is 22.0 Å². The Morgan fingerprint density at radius 2 is 1.91 bits per heavy atom. The summed E-state index contributed by atoms with van der Waals surface area (Å²) >= 11 is 0. The second kappa shape index (κ2) is 7.75. The number of alkyl halides is 5. The third kappa shape index (κ3) is 6.49. The van der Waals surface area contributed by atoms with Crippen LogP contribution < -0.4 is 10.1 Å². The SMILES string of the molecule is O=C(COc1cccc(C(F)(F)F)c1)NC(CC(F)F)C(=O)O. The van der Waals surface area contributed by atoms with Gasteiger partial charge in [-0.05, 0) is 18.2 Å². The molecule has 2 N–H and O–H groups in total. The summed E-state index contributed by atoms with van der Waals surface area (Å²) in [5, 5.41) is 10.5. The first-order chi connectivity index (χ1) is 10.6. The van der Waals surface area contributed by atoms with Gasteiger partial charge in [0.1, 0.15) is 11.8 Å². The van der Waals surface area contributed by atoms with Gasteiger partial charge in [-0.1, -0.05) is 6.07 Å². The second-order valence-corrected chi connectivity index (χ2v) is 4.40. The predicted octanol–water partition coefficient (Wildman–Crippen LogP) is 2.31. The molecule has 0 saturated carbocycles. The number of nitrogens with one attached hydrogen (secondary N) is 1. The predicted molar refractivity (Wildman–Crippen MR) is 67.1 cm³/mol. The number of aliphatic carboxylic acids is 1. The van der Waals surface area contributed by atoms with Crippen molar-refractivity contribution in [2.75, 3.05) is 6.61 Å².